The maximum absolute atomic E-state index is 13.0. The number of hydrogen-bond donors (Lipinski definition) is 0. The van der Waals surface area contributed by atoms with E-state index in [9.17, 15) is 13.2 Å². The van der Waals surface area contributed by atoms with Crippen molar-refractivity contribution in [1.82, 2.24) is 0 Å². The van der Waals surface area contributed by atoms with Crippen molar-refractivity contribution >= 4 is 15.8 Å². The first-order chi connectivity index (χ1) is 10.4. The maximum atomic E-state index is 13.0. The predicted molar refractivity (Wildman–Crippen MR) is 81.0 cm³/mol. The van der Waals surface area contributed by atoms with Crippen LogP contribution in [0.15, 0.2) is 23.1 Å². The smallest absolute Gasteiger partial charge is 0.303 e. The van der Waals surface area contributed by atoms with E-state index in [0.717, 1.165) is 36.8 Å². The Balaban J connectivity index is 1.97. The Morgan fingerprint density at radius 2 is 2.00 bits per heavy atom. The fraction of sp³-hybridized carbons (Fsp3) is 0.588. The highest BCUT2D eigenvalue weighted by Gasteiger charge is 2.74. The molecule has 2 saturated carbocycles. The van der Waals surface area contributed by atoms with Gasteiger partial charge in [0.15, 0.2) is 15.4 Å². The molecule has 4 atom stereocenters. The number of carbonyl (C=O) groups excluding carboxylic acids is 1. The number of fused-ring (bicyclic) bond motifs is 6. The molecule has 22 heavy (non-hydrogen) atoms. The topological polar surface area (TPSA) is 60.4 Å². The first kappa shape index (κ1) is 14.2. The lowest BCUT2D eigenvalue weighted by atomic mass is 9.53. The van der Waals surface area contributed by atoms with E-state index in [-0.39, 0.29) is 11.8 Å². The summed E-state index contributed by atoms with van der Waals surface area (Å²) in [4.78, 5) is 12.1. The van der Waals surface area contributed by atoms with Gasteiger partial charge in [-0.25, -0.2) is 8.42 Å². The zero-order valence-electron chi connectivity index (χ0n) is 12.8. The quantitative estimate of drug-likeness (QED) is 0.747. The summed E-state index contributed by atoms with van der Waals surface area (Å²) in [6, 6.07) is 5.42. The van der Waals surface area contributed by atoms with Gasteiger partial charge in [-0.15, -0.1) is 0 Å². The average Bonchev–Trinajstić information content (AvgIpc) is 2.58. The molecule has 118 valence electrons. The standard InChI is InChI=1S/C17H20O4S/c1-10-7-8-15-14(9-10)17(21-11(2)18)13-6-4-3-5-12(13)16(17)22(15,19)20/h7-9,12-13,16H,3-6H2,1-2H3. The Hall–Kier alpha value is -1.36. The lowest BCUT2D eigenvalue weighted by Gasteiger charge is -2.58. The largest absolute Gasteiger partial charge is 0.453 e. The van der Waals surface area contributed by atoms with E-state index in [2.05, 4.69) is 0 Å². The molecule has 0 N–H and O–H groups in total. The van der Waals surface area contributed by atoms with Crippen molar-refractivity contribution in [1.29, 1.82) is 0 Å². The van der Waals surface area contributed by atoms with Crippen LogP contribution in [0.3, 0.4) is 0 Å². The molecular formula is C17H20O4S. The molecule has 1 heterocycles. The summed E-state index contributed by atoms with van der Waals surface area (Å²) in [5.41, 5.74) is 0.785. The molecule has 0 amide bonds. The highest BCUT2D eigenvalue weighted by atomic mass is 32.2. The zero-order valence-corrected chi connectivity index (χ0v) is 13.7. The number of aryl methyl sites for hydroxylation is 1. The van der Waals surface area contributed by atoms with Gasteiger partial charge in [-0.1, -0.05) is 30.5 Å². The van der Waals surface area contributed by atoms with Crippen LogP contribution in [-0.4, -0.2) is 19.6 Å². The molecule has 4 rings (SSSR count). The van der Waals surface area contributed by atoms with Crippen LogP contribution < -0.4 is 0 Å². The molecule has 0 saturated heterocycles. The summed E-state index contributed by atoms with van der Waals surface area (Å²) in [7, 11) is -3.42. The van der Waals surface area contributed by atoms with Crippen LogP contribution in [0.5, 0.6) is 0 Å². The number of sulfone groups is 1. The summed E-state index contributed by atoms with van der Waals surface area (Å²) in [5, 5.41) is -0.578. The van der Waals surface area contributed by atoms with Crippen molar-refractivity contribution in [3.8, 4) is 0 Å². The van der Waals surface area contributed by atoms with Gasteiger partial charge in [-0.3, -0.25) is 4.79 Å². The normalized spacial score (nSPS) is 37.5. The van der Waals surface area contributed by atoms with Crippen LogP contribution in [-0.2, 0) is 25.0 Å². The van der Waals surface area contributed by atoms with E-state index >= 15 is 0 Å². The van der Waals surface area contributed by atoms with Gasteiger partial charge in [-0.05, 0) is 31.7 Å². The van der Waals surface area contributed by atoms with Gasteiger partial charge in [0.1, 0.15) is 5.25 Å². The highest BCUT2D eigenvalue weighted by Crippen LogP contribution is 2.67. The first-order valence-electron chi connectivity index (χ1n) is 7.93. The first-order valence-corrected chi connectivity index (χ1v) is 9.48. The number of rotatable bonds is 1. The summed E-state index contributed by atoms with van der Waals surface area (Å²) in [6.07, 6.45) is 4.01. The van der Waals surface area contributed by atoms with E-state index in [1.54, 1.807) is 6.07 Å². The van der Waals surface area contributed by atoms with Gasteiger partial charge in [0, 0.05) is 18.4 Å². The molecule has 1 aromatic carbocycles. The van der Waals surface area contributed by atoms with Crippen molar-refractivity contribution in [2.75, 3.05) is 0 Å². The number of hydrogen-bond acceptors (Lipinski definition) is 4. The minimum Gasteiger partial charge on any atom is -0.453 e. The summed E-state index contributed by atoms with van der Waals surface area (Å²) >= 11 is 0. The van der Waals surface area contributed by atoms with Gasteiger partial charge in [0.2, 0.25) is 0 Å². The summed E-state index contributed by atoms with van der Waals surface area (Å²) in [6.45, 7) is 3.32. The lowest BCUT2D eigenvalue weighted by molar-refractivity contribution is -0.200. The van der Waals surface area contributed by atoms with Crippen molar-refractivity contribution in [3.05, 3.63) is 29.3 Å². The highest BCUT2D eigenvalue weighted by molar-refractivity contribution is 7.92. The minimum absolute atomic E-state index is 0.130. The molecule has 5 heteroatoms. The molecule has 0 aromatic heterocycles. The van der Waals surface area contributed by atoms with Gasteiger partial charge in [0.05, 0.1) is 4.90 Å². The molecular weight excluding hydrogens is 300 g/mol. The van der Waals surface area contributed by atoms with Crippen molar-refractivity contribution < 1.29 is 17.9 Å². The maximum Gasteiger partial charge on any atom is 0.303 e. The second-order valence-electron chi connectivity index (χ2n) is 6.91. The fourth-order valence-corrected chi connectivity index (χ4v) is 7.69. The third-order valence-corrected chi connectivity index (χ3v) is 8.03. The second-order valence-corrected chi connectivity index (χ2v) is 8.94. The Labute approximate surface area is 130 Å². The number of carbonyl (C=O) groups is 1. The molecule has 2 fully saturated rings. The third kappa shape index (κ3) is 1.53. The molecule has 4 nitrogen and oxygen atoms in total. The average molecular weight is 320 g/mol. The Morgan fingerprint density at radius 3 is 2.73 bits per heavy atom. The predicted octanol–water partition coefficient (Wildman–Crippen LogP) is 2.73. The molecule has 1 aromatic rings. The molecule has 3 aliphatic rings. The van der Waals surface area contributed by atoms with E-state index in [0.29, 0.717) is 4.90 Å². The molecule has 0 radical (unpaired) electrons. The van der Waals surface area contributed by atoms with Gasteiger partial charge in [0.25, 0.3) is 0 Å². The Morgan fingerprint density at radius 1 is 1.27 bits per heavy atom. The second kappa shape index (κ2) is 4.34. The van der Waals surface area contributed by atoms with Crippen LogP contribution in [0.4, 0.5) is 0 Å². The molecule has 0 bridgehead atoms. The van der Waals surface area contributed by atoms with Crippen LogP contribution in [0.2, 0.25) is 0 Å². The number of ether oxygens (including phenoxy) is 1. The van der Waals surface area contributed by atoms with Crippen LogP contribution in [0.1, 0.15) is 43.7 Å². The molecule has 4 unspecified atom stereocenters. The molecule has 0 spiro atoms. The summed E-state index contributed by atoms with van der Waals surface area (Å²) in [5.74, 6) is -0.114. The van der Waals surface area contributed by atoms with E-state index in [1.165, 1.54) is 6.92 Å². The van der Waals surface area contributed by atoms with Crippen molar-refractivity contribution in [2.45, 2.75) is 55.3 Å². The minimum atomic E-state index is -3.42. The van der Waals surface area contributed by atoms with E-state index in [4.69, 9.17) is 4.74 Å². The number of esters is 1. The van der Waals surface area contributed by atoms with Crippen molar-refractivity contribution in [2.24, 2.45) is 11.8 Å². The number of benzene rings is 1. The lowest BCUT2D eigenvalue weighted by Crippen LogP contribution is -2.65. The van der Waals surface area contributed by atoms with Crippen LogP contribution in [0.25, 0.3) is 0 Å². The third-order valence-electron chi connectivity index (χ3n) is 5.69. The van der Waals surface area contributed by atoms with E-state index < -0.39 is 26.7 Å². The Bertz CT molecular complexity index is 767. The van der Waals surface area contributed by atoms with Crippen LogP contribution in [0, 0.1) is 18.8 Å². The Kier molecular flexibility index (Phi) is 2.81. The van der Waals surface area contributed by atoms with E-state index in [1.807, 2.05) is 19.1 Å². The van der Waals surface area contributed by atoms with Crippen molar-refractivity contribution in [3.63, 3.8) is 0 Å². The van der Waals surface area contributed by atoms with Gasteiger partial charge < -0.3 is 4.74 Å². The fourth-order valence-electron chi connectivity index (χ4n) is 5.04. The summed E-state index contributed by atoms with van der Waals surface area (Å²) < 4.78 is 31.8. The molecule has 1 aliphatic heterocycles. The SMILES string of the molecule is CC(=O)OC12c3cc(C)ccc3S(=O)(=O)C1C1CCCCC12. The monoisotopic (exact) mass is 320 g/mol. The van der Waals surface area contributed by atoms with Gasteiger partial charge >= 0.3 is 5.97 Å². The van der Waals surface area contributed by atoms with Crippen LogP contribution >= 0.6 is 0 Å². The zero-order chi connectivity index (χ0) is 15.7. The van der Waals surface area contributed by atoms with Gasteiger partial charge in [-0.2, -0.15) is 0 Å². The molecule has 2 aliphatic carbocycles.